The highest BCUT2D eigenvalue weighted by Gasteiger charge is 2.20. The molecular formula is C17H24N4O2. The quantitative estimate of drug-likeness (QED) is 0.799. The Morgan fingerprint density at radius 3 is 2.74 bits per heavy atom. The van der Waals surface area contributed by atoms with Crippen molar-refractivity contribution >= 4 is 23.3 Å². The zero-order chi connectivity index (χ0) is 16.1. The summed E-state index contributed by atoms with van der Waals surface area (Å²) in [7, 11) is 0. The summed E-state index contributed by atoms with van der Waals surface area (Å²) in [6, 6.07) is 7.75. The number of amides is 3. The van der Waals surface area contributed by atoms with E-state index in [0.29, 0.717) is 13.1 Å². The Hall–Kier alpha value is -2.24. The second kappa shape index (κ2) is 7.35. The molecule has 0 bridgehead atoms. The minimum absolute atomic E-state index is 0.0118. The number of nitrogens with one attached hydrogen (secondary N) is 3. The molecule has 2 aliphatic rings. The van der Waals surface area contributed by atoms with Gasteiger partial charge in [-0.2, -0.15) is 0 Å². The molecule has 1 aromatic carbocycles. The van der Waals surface area contributed by atoms with Crippen LogP contribution in [0.15, 0.2) is 24.3 Å². The van der Waals surface area contributed by atoms with Gasteiger partial charge in [0.05, 0.1) is 17.9 Å². The third kappa shape index (κ3) is 4.15. The molecule has 0 unspecified atom stereocenters. The maximum Gasteiger partial charge on any atom is 0.319 e. The van der Waals surface area contributed by atoms with E-state index in [4.69, 9.17) is 0 Å². The summed E-state index contributed by atoms with van der Waals surface area (Å²) in [5.74, 6) is 0.0118. The Labute approximate surface area is 136 Å². The van der Waals surface area contributed by atoms with Crippen LogP contribution in [0.2, 0.25) is 0 Å². The number of hydrogen-bond donors (Lipinski definition) is 3. The van der Waals surface area contributed by atoms with E-state index >= 15 is 0 Å². The minimum Gasteiger partial charge on any atom is -0.359 e. The first-order valence-corrected chi connectivity index (χ1v) is 8.40. The predicted octanol–water partition coefficient (Wildman–Crippen LogP) is 2.08. The largest absolute Gasteiger partial charge is 0.359 e. The summed E-state index contributed by atoms with van der Waals surface area (Å²) in [5.41, 5.74) is 1.64. The van der Waals surface area contributed by atoms with Gasteiger partial charge in [-0.1, -0.05) is 31.4 Å². The van der Waals surface area contributed by atoms with Gasteiger partial charge in [-0.15, -0.1) is 0 Å². The summed E-state index contributed by atoms with van der Waals surface area (Å²) in [6.07, 6.45) is 5.75. The molecule has 1 aliphatic carbocycles. The molecule has 23 heavy (non-hydrogen) atoms. The van der Waals surface area contributed by atoms with Crippen molar-refractivity contribution in [3.05, 3.63) is 24.3 Å². The Kier molecular flexibility index (Phi) is 5.00. The van der Waals surface area contributed by atoms with E-state index in [2.05, 4.69) is 16.0 Å². The van der Waals surface area contributed by atoms with Gasteiger partial charge in [-0.05, 0) is 25.0 Å². The fourth-order valence-corrected chi connectivity index (χ4v) is 3.29. The smallest absolute Gasteiger partial charge is 0.319 e. The summed E-state index contributed by atoms with van der Waals surface area (Å²) in [6.45, 7) is 1.69. The molecule has 0 radical (unpaired) electrons. The number of carbonyl (C=O) groups is 2. The Balaban J connectivity index is 1.65. The third-order valence-electron chi connectivity index (χ3n) is 4.47. The zero-order valence-corrected chi connectivity index (χ0v) is 13.3. The van der Waals surface area contributed by atoms with Crippen molar-refractivity contribution in [2.45, 2.75) is 38.1 Å². The highest BCUT2D eigenvalue weighted by Crippen LogP contribution is 2.26. The van der Waals surface area contributed by atoms with Crippen LogP contribution in [-0.4, -0.2) is 37.6 Å². The lowest BCUT2D eigenvalue weighted by molar-refractivity contribution is -0.120. The predicted molar refractivity (Wildman–Crippen MR) is 90.7 cm³/mol. The molecule has 0 aromatic heterocycles. The summed E-state index contributed by atoms with van der Waals surface area (Å²) in [5, 5.41) is 8.82. The van der Waals surface area contributed by atoms with Gasteiger partial charge in [-0.3, -0.25) is 4.79 Å². The number of anilines is 2. The maximum atomic E-state index is 12.3. The van der Waals surface area contributed by atoms with Crippen LogP contribution in [0.5, 0.6) is 0 Å². The third-order valence-corrected chi connectivity index (χ3v) is 4.47. The Bertz CT molecular complexity index is 569. The van der Waals surface area contributed by atoms with E-state index < -0.39 is 0 Å². The fraction of sp³-hybridized carbons (Fsp3) is 0.529. The minimum atomic E-state index is -0.161. The van der Waals surface area contributed by atoms with Gasteiger partial charge in [0.1, 0.15) is 0 Å². The molecule has 3 rings (SSSR count). The summed E-state index contributed by atoms with van der Waals surface area (Å²) < 4.78 is 0. The Morgan fingerprint density at radius 2 is 1.96 bits per heavy atom. The normalized spacial score (nSPS) is 19.1. The second-order valence-corrected chi connectivity index (χ2v) is 6.22. The highest BCUT2D eigenvalue weighted by molar-refractivity contribution is 5.94. The van der Waals surface area contributed by atoms with Crippen molar-refractivity contribution in [2.24, 2.45) is 0 Å². The highest BCUT2D eigenvalue weighted by atomic mass is 16.2. The van der Waals surface area contributed by atoms with Gasteiger partial charge in [0.25, 0.3) is 0 Å². The number of hydrogen-bond acceptors (Lipinski definition) is 3. The molecule has 3 amide bonds. The average molecular weight is 316 g/mol. The molecule has 6 heteroatoms. The number of rotatable bonds is 3. The van der Waals surface area contributed by atoms with Crippen molar-refractivity contribution in [3.8, 4) is 0 Å². The van der Waals surface area contributed by atoms with E-state index in [-0.39, 0.29) is 18.0 Å². The topological polar surface area (TPSA) is 73.5 Å². The molecule has 6 nitrogen and oxygen atoms in total. The van der Waals surface area contributed by atoms with Gasteiger partial charge in [0.2, 0.25) is 5.91 Å². The molecular weight excluding hydrogens is 292 g/mol. The number of carbonyl (C=O) groups excluding carboxylic acids is 2. The summed E-state index contributed by atoms with van der Waals surface area (Å²) >= 11 is 0. The van der Waals surface area contributed by atoms with Crippen LogP contribution in [0, 0.1) is 0 Å². The van der Waals surface area contributed by atoms with Crippen molar-refractivity contribution in [2.75, 3.05) is 29.9 Å². The first-order chi connectivity index (χ1) is 11.2. The number of benzene rings is 1. The van der Waals surface area contributed by atoms with Gasteiger partial charge >= 0.3 is 6.03 Å². The monoisotopic (exact) mass is 316 g/mol. The average Bonchev–Trinajstić information content (AvgIpc) is 2.56. The molecule has 0 atom stereocenters. The van der Waals surface area contributed by atoms with Crippen LogP contribution in [0.1, 0.15) is 32.1 Å². The Morgan fingerprint density at radius 1 is 1.17 bits per heavy atom. The molecule has 0 spiro atoms. The molecule has 1 aliphatic heterocycles. The lowest BCUT2D eigenvalue weighted by Gasteiger charge is -2.30. The number of piperazine rings is 1. The lowest BCUT2D eigenvalue weighted by Crippen LogP contribution is -2.48. The maximum absolute atomic E-state index is 12.3. The van der Waals surface area contributed by atoms with Crippen molar-refractivity contribution in [3.63, 3.8) is 0 Å². The molecule has 1 saturated carbocycles. The number of nitrogens with zero attached hydrogens (tertiary/aromatic N) is 1. The fourth-order valence-electron chi connectivity index (χ4n) is 3.29. The van der Waals surface area contributed by atoms with Crippen molar-refractivity contribution < 1.29 is 9.59 Å². The second-order valence-electron chi connectivity index (χ2n) is 6.22. The molecule has 124 valence electrons. The first-order valence-electron chi connectivity index (χ1n) is 8.40. The number of urea groups is 1. The van der Waals surface area contributed by atoms with E-state index in [1.54, 1.807) is 0 Å². The van der Waals surface area contributed by atoms with Crippen LogP contribution in [0.4, 0.5) is 16.2 Å². The van der Waals surface area contributed by atoms with Gasteiger partial charge < -0.3 is 20.9 Å². The number of para-hydroxylation sites is 2. The van der Waals surface area contributed by atoms with Crippen LogP contribution >= 0.6 is 0 Å². The zero-order valence-electron chi connectivity index (χ0n) is 13.3. The van der Waals surface area contributed by atoms with E-state index in [1.165, 1.54) is 19.3 Å². The van der Waals surface area contributed by atoms with Gasteiger partial charge in [0.15, 0.2) is 0 Å². The summed E-state index contributed by atoms with van der Waals surface area (Å²) in [4.78, 5) is 25.8. The molecule has 1 saturated heterocycles. The van der Waals surface area contributed by atoms with Crippen LogP contribution in [0.25, 0.3) is 0 Å². The van der Waals surface area contributed by atoms with Crippen molar-refractivity contribution in [1.29, 1.82) is 0 Å². The van der Waals surface area contributed by atoms with Gasteiger partial charge in [0, 0.05) is 19.1 Å². The van der Waals surface area contributed by atoms with E-state index in [9.17, 15) is 9.59 Å². The first kappa shape index (κ1) is 15.6. The molecule has 1 heterocycles. The van der Waals surface area contributed by atoms with Crippen LogP contribution < -0.4 is 20.9 Å². The molecule has 2 fully saturated rings. The molecule has 3 N–H and O–H groups in total. The van der Waals surface area contributed by atoms with Crippen LogP contribution in [-0.2, 0) is 4.79 Å². The SMILES string of the molecule is O=C1CN(c2ccccc2NC(=O)NC2CCCCC2)CCN1. The van der Waals surface area contributed by atoms with E-state index in [0.717, 1.165) is 30.8 Å². The van der Waals surface area contributed by atoms with Gasteiger partial charge in [-0.25, -0.2) is 4.79 Å². The van der Waals surface area contributed by atoms with E-state index in [1.807, 2.05) is 29.2 Å². The molecule has 1 aromatic rings. The standard InChI is InChI=1S/C17H24N4O2/c22-16-12-21(11-10-18-16)15-9-5-4-8-14(15)20-17(23)19-13-6-2-1-3-7-13/h4-5,8-9,13H,1-3,6-7,10-12H2,(H,18,22)(H2,19,20,23). The lowest BCUT2D eigenvalue weighted by atomic mass is 9.96. The van der Waals surface area contributed by atoms with Crippen molar-refractivity contribution in [1.82, 2.24) is 10.6 Å². The van der Waals surface area contributed by atoms with Crippen LogP contribution in [0.3, 0.4) is 0 Å².